The third kappa shape index (κ3) is 4.26. The molecule has 4 rings (SSSR count). The second-order valence-electron chi connectivity index (χ2n) is 11.3. The van der Waals surface area contributed by atoms with E-state index in [9.17, 15) is 4.79 Å². The maximum Gasteiger partial charge on any atom is 0.157 e. The lowest BCUT2D eigenvalue weighted by Crippen LogP contribution is -2.49. The summed E-state index contributed by atoms with van der Waals surface area (Å²) >= 11 is 0. The Labute approximate surface area is 200 Å². The molecule has 3 fully saturated rings. The highest BCUT2D eigenvalue weighted by atomic mass is 16.5. The Balaban J connectivity index is 1.48. The molecule has 0 saturated heterocycles. The van der Waals surface area contributed by atoms with Gasteiger partial charge in [0.1, 0.15) is 5.75 Å². The molecule has 5 heteroatoms. The van der Waals surface area contributed by atoms with Crippen LogP contribution >= 0.6 is 0 Å². The highest BCUT2D eigenvalue weighted by molar-refractivity contribution is 5.88. The van der Waals surface area contributed by atoms with E-state index in [0.29, 0.717) is 23.0 Å². The van der Waals surface area contributed by atoms with Gasteiger partial charge in [-0.1, -0.05) is 46.1 Å². The van der Waals surface area contributed by atoms with Crippen molar-refractivity contribution >= 4 is 17.2 Å². The van der Waals surface area contributed by atoms with Gasteiger partial charge in [0, 0.05) is 5.92 Å². The average Bonchev–Trinajstić information content (AvgIpc) is 3.17. The van der Waals surface area contributed by atoms with Crippen LogP contribution in [0.3, 0.4) is 0 Å². The van der Waals surface area contributed by atoms with E-state index >= 15 is 0 Å². The molecule has 0 spiro atoms. The van der Waals surface area contributed by atoms with Crippen molar-refractivity contribution in [3.63, 3.8) is 0 Å². The van der Waals surface area contributed by atoms with Crippen LogP contribution in [-0.4, -0.2) is 19.4 Å². The van der Waals surface area contributed by atoms with Crippen molar-refractivity contribution in [3.8, 4) is 5.75 Å². The van der Waals surface area contributed by atoms with Crippen molar-refractivity contribution in [1.29, 1.82) is 0 Å². The van der Waals surface area contributed by atoms with Crippen molar-refractivity contribution in [1.82, 2.24) is 0 Å². The van der Waals surface area contributed by atoms with Crippen LogP contribution in [0.2, 0.25) is 0 Å². The van der Waals surface area contributed by atoms with Crippen molar-refractivity contribution in [2.45, 2.75) is 78.6 Å². The minimum atomic E-state index is 0.106. The van der Waals surface area contributed by atoms with Gasteiger partial charge in [0.25, 0.3) is 0 Å². The number of ether oxygens (including phenoxy) is 1. The third-order valence-electron chi connectivity index (χ3n) is 9.95. The fourth-order valence-corrected chi connectivity index (χ4v) is 8.38. The smallest absolute Gasteiger partial charge is 0.157 e. The molecular formula is C28H45N3O2. The zero-order valence-electron chi connectivity index (χ0n) is 21.2. The van der Waals surface area contributed by atoms with E-state index in [-0.39, 0.29) is 23.7 Å². The van der Waals surface area contributed by atoms with E-state index in [4.69, 9.17) is 16.3 Å². The number of nitrogens with zero attached hydrogens (tertiary/aromatic N) is 1. The number of para-hydroxylation sites is 1. The first-order valence-electron chi connectivity index (χ1n) is 13.3. The molecule has 0 amide bonds. The van der Waals surface area contributed by atoms with Gasteiger partial charge in [0.2, 0.25) is 0 Å². The number of carbonyl (C=O) groups is 1. The molecular weight excluding hydrogens is 410 g/mol. The second-order valence-corrected chi connectivity index (χ2v) is 11.3. The summed E-state index contributed by atoms with van der Waals surface area (Å²) in [5, 5.41) is 1.52. The monoisotopic (exact) mass is 455 g/mol. The first kappa shape index (κ1) is 24.4. The molecule has 0 radical (unpaired) electrons. The highest BCUT2D eigenvalue weighted by Gasteiger charge is 2.57. The molecule has 0 aliphatic heterocycles. The van der Waals surface area contributed by atoms with Gasteiger partial charge in [0.15, 0.2) is 5.78 Å². The Hall–Kier alpha value is -1.75. The zero-order chi connectivity index (χ0) is 23.8. The maximum absolute atomic E-state index is 13.6. The van der Waals surface area contributed by atoms with Gasteiger partial charge in [0.05, 0.1) is 25.0 Å². The number of carbonyl (C=O) groups excluding carboxylic acids is 1. The molecule has 184 valence electrons. The lowest BCUT2D eigenvalue weighted by molar-refractivity contribution is -0.128. The number of nitrogen functional groups attached to an aromatic ring is 1. The van der Waals surface area contributed by atoms with E-state index in [1.54, 1.807) is 7.11 Å². The summed E-state index contributed by atoms with van der Waals surface area (Å²) in [6.07, 6.45) is 11.5. The fourth-order valence-electron chi connectivity index (χ4n) is 8.38. The summed E-state index contributed by atoms with van der Waals surface area (Å²) < 4.78 is 5.33. The van der Waals surface area contributed by atoms with Gasteiger partial charge in [-0.2, -0.15) is 0 Å². The number of fused-ring (bicyclic) bond motifs is 3. The van der Waals surface area contributed by atoms with Gasteiger partial charge in [-0.25, -0.2) is 5.84 Å². The molecule has 33 heavy (non-hydrogen) atoms. The zero-order valence-corrected chi connectivity index (χ0v) is 21.2. The molecule has 7 unspecified atom stereocenters. The Bertz CT molecular complexity index is 842. The number of rotatable bonds is 8. The number of hydrazine groups is 1. The number of hydrogen-bond acceptors (Lipinski definition) is 5. The van der Waals surface area contributed by atoms with Crippen LogP contribution in [0.25, 0.3) is 0 Å². The van der Waals surface area contributed by atoms with E-state index in [1.165, 1.54) is 56.4 Å². The number of ketones is 1. The summed E-state index contributed by atoms with van der Waals surface area (Å²) in [5.74, 6) is 11.5. The molecule has 0 aromatic heterocycles. The normalized spacial score (nSPS) is 35.5. The van der Waals surface area contributed by atoms with Crippen molar-refractivity contribution in [3.05, 3.63) is 18.2 Å². The Morgan fingerprint density at radius 3 is 2.64 bits per heavy atom. The molecule has 3 aliphatic carbocycles. The van der Waals surface area contributed by atoms with Gasteiger partial charge in [-0.3, -0.25) is 4.79 Å². The second kappa shape index (κ2) is 9.85. The first-order valence-corrected chi connectivity index (χ1v) is 13.3. The minimum absolute atomic E-state index is 0.106. The van der Waals surface area contributed by atoms with E-state index in [2.05, 4.69) is 20.8 Å². The number of nitrogens with two attached hydrogens (primary N) is 2. The molecule has 7 atom stereocenters. The average molecular weight is 456 g/mol. The first-order chi connectivity index (χ1) is 15.8. The SMILES string of the molecule is CCCC1C(CC)CCC2C1CCC1(C)C(C(=O)CN(N)c3cccc(OC)c3N)CCC21. The number of benzene rings is 1. The summed E-state index contributed by atoms with van der Waals surface area (Å²) in [7, 11) is 1.59. The summed E-state index contributed by atoms with van der Waals surface area (Å²) in [6.45, 7) is 7.36. The highest BCUT2D eigenvalue weighted by Crippen LogP contribution is 2.63. The lowest BCUT2D eigenvalue weighted by Gasteiger charge is -2.54. The van der Waals surface area contributed by atoms with E-state index in [1.807, 2.05) is 18.2 Å². The van der Waals surface area contributed by atoms with Crippen LogP contribution in [0.1, 0.15) is 78.6 Å². The largest absolute Gasteiger partial charge is 0.495 e. The Morgan fingerprint density at radius 1 is 1.15 bits per heavy atom. The standard InChI is InChI=1S/C28H45N3O2/c1-5-8-19-18(6-2)11-12-21-20(19)15-16-28(3)22(21)13-14-23(28)25(32)17-31(30)24-9-7-10-26(33-4)27(24)29/h7,9-10,18-23H,5-6,8,11-17,29-30H2,1-4H3. The number of hydrogen-bond donors (Lipinski definition) is 2. The molecule has 0 heterocycles. The summed E-state index contributed by atoms with van der Waals surface area (Å²) in [4.78, 5) is 13.6. The predicted octanol–water partition coefficient (Wildman–Crippen LogP) is 5.82. The Kier molecular flexibility index (Phi) is 7.28. The van der Waals surface area contributed by atoms with Crippen LogP contribution < -0.4 is 21.3 Å². The van der Waals surface area contributed by atoms with Crippen LogP contribution in [0.15, 0.2) is 18.2 Å². The van der Waals surface area contributed by atoms with Crippen molar-refractivity contribution in [2.24, 2.45) is 46.8 Å². The summed E-state index contributed by atoms with van der Waals surface area (Å²) in [6, 6.07) is 5.53. The van der Waals surface area contributed by atoms with E-state index < -0.39 is 0 Å². The predicted molar refractivity (Wildman–Crippen MR) is 136 cm³/mol. The van der Waals surface area contributed by atoms with Gasteiger partial charge in [-0.15, -0.1) is 0 Å². The van der Waals surface area contributed by atoms with Crippen LogP contribution in [0.4, 0.5) is 11.4 Å². The molecule has 5 nitrogen and oxygen atoms in total. The minimum Gasteiger partial charge on any atom is -0.495 e. The molecule has 0 bridgehead atoms. The lowest BCUT2D eigenvalue weighted by atomic mass is 9.50. The third-order valence-corrected chi connectivity index (χ3v) is 9.95. The molecule has 4 N–H and O–H groups in total. The summed E-state index contributed by atoms with van der Waals surface area (Å²) in [5.41, 5.74) is 7.50. The van der Waals surface area contributed by atoms with Crippen molar-refractivity contribution < 1.29 is 9.53 Å². The van der Waals surface area contributed by atoms with Crippen LogP contribution in [0, 0.1) is 40.9 Å². The van der Waals surface area contributed by atoms with Crippen LogP contribution in [0.5, 0.6) is 5.75 Å². The Morgan fingerprint density at radius 2 is 1.94 bits per heavy atom. The molecule has 3 saturated carbocycles. The van der Waals surface area contributed by atoms with E-state index in [0.717, 1.165) is 30.1 Å². The maximum atomic E-state index is 13.6. The van der Waals surface area contributed by atoms with Crippen LogP contribution in [-0.2, 0) is 4.79 Å². The van der Waals surface area contributed by atoms with Gasteiger partial charge < -0.3 is 15.5 Å². The van der Waals surface area contributed by atoms with Gasteiger partial charge >= 0.3 is 0 Å². The molecule has 1 aromatic rings. The topological polar surface area (TPSA) is 81.6 Å². The number of Topliss-reactive ketones (excluding diaryl/α,β-unsaturated/α-hetero) is 1. The molecule has 3 aliphatic rings. The quantitative estimate of drug-likeness (QED) is 0.293. The van der Waals surface area contributed by atoms with Crippen molar-refractivity contribution in [2.75, 3.05) is 24.4 Å². The van der Waals surface area contributed by atoms with Gasteiger partial charge in [-0.05, 0) is 85.7 Å². The number of methoxy groups -OCH3 is 1. The fraction of sp³-hybridized carbons (Fsp3) is 0.750. The molecule has 1 aromatic carbocycles. The number of anilines is 2.